The number of fused-ring (bicyclic) bond motifs is 3. The first-order valence-corrected chi connectivity index (χ1v) is 9.89. The van der Waals surface area contributed by atoms with Gasteiger partial charge in [-0.2, -0.15) is 0 Å². The minimum atomic E-state index is -0.253. The third kappa shape index (κ3) is 3.14. The second-order valence-electron chi connectivity index (χ2n) is 7.25. The van der Waals surface area contributed by atoms with Crippen molar-refractivity contribution in [1.29, 1.82) is 0 Å². The van der Waals surface area contributed by atoms with E-state index >= 15 is 0 Å². The fourth-order valence-electron chi connectivity index (χ4n) is 3.99. The molecule has 6 heteroatoms. The Morgan fingerprint density at radius 3 is 2.72 bits per heavy atom. The maximum Gasteiger partial charge on any atom is 0.263 e. The molecule has 5 rings (SSSR count). The van der Waals surface area contributed by atoms with Crippen molar-refractivity contribution >= 4 is 28.7 Å². The van der Waals surface area contributed by atoms with E-state index in [1.54, 1.807) is 12.0 Å². The van der Waals surface area contributed by atoms with E-state index in [0.29, 0.717) is 18.0 Å². The summed E-state index contributed by atoms with van der Waals surface area (Å²) in [5.41, 5.74) is 4.07. The standard InChI is InChI=1S/C23H22N2O4/c1-27-16-11-9-15(10-12-16)25-22-21(17-6-2-3-7-19(17)24-22)18(23(25)26)14-29-20-8-4-5-13-28-20/h2-3,6-7,9-12,20H,4-5,8,13-14H2,1H3. The van der Waals surface area contributed by atoms with Crippen molar-refractivity contribution in [2.24, 2.45) is 4.99 Å². The lowest BCUT2D eigenvalue weighted by molar-refractivity contribution is -0.157. The molecule has 29 heavy (non-hydrogen) atoms. The highest BCUT2D eigenvalue weighted by Crippen LogP contribution is 2.43. The van der Waals surface area contributed by atoms with Crippen LogP contribution in [0.2, 0.25) is 0 Å². The highest BCUT2D eigenvalue weighted by atomic mass is 16.7. The molecule has 3 heterocycles. The minimum absolute atomic E-state index is 0.103. The number of anilines is 1. The van der Waals surface area contributed by atoms with E-state index in [4.69, 9.17) is 19.2 Å². The molecular weight excluding hydrogens is 368 g/mol. The molecule has 0 aromatic heterocycles. The number of hydrogen-bond donors (Lipinski definition) is 0. The van der Waals surface area contributed by atoms with Crippen molar-refractivity contribution in [3.63, 3.8) is 0 Å². The largest absolute Gasteiger partial charge is 0.497 e. The molecule has 1 fully saturated rings. The molecule has 1 amide bonds. The fourth-order valence-corrected chi connectivity index (χ4v) is 3.99. The summed E-state index contributed by atoms with van der Waals surface area (Å²) in [5, 5.41) is 0. The molecule has 0 aliphatic carbocycles. The first-order chi connectivity index (χ1) is 14.3. The Morgan fingerprint density at radius 2 is 1.97 bits per heavy atom. The fraction of sp³-hybridized carbons (Fsp3) is 0.304. The molecule has 1 unspecified atom stereocenters. The van der Waals surface area contributed by atoms with Gasteiger partial charge in [-0.05, 0) is 49.6 Å². The summed E-state index contributed by atoms with van der Waals surface area (Å²) in [6.45, 7) is 0.914. The van der Waals surface area contributed by atoms with Crippen LogP contribution >= 0.6 is 0 Å². The average molecular weight is 390 g/mol. The lowest BCUT2D eigenvalue weighted by atomic mass is 10.0. The third-order valence-corrected chi connectivity index (χ3v) is 5.48. The van der Waals surface area contributed by atoms with Crippen molar-refractivity contribution in [3.8, 4) is 5.75 Å². The Labute approximate surface area is 169 Å². The van der Waals surface area contributed by atoms with Gasteiger partial charge in [0.1, 0.15) is 11.6 Å². The van der Waals surface area contributed by atoms with E-state index in [-0.39, 0.29) is 18.8 Å². The Balaban J connectivity index is 1.50. The van der Waals surface area contributed by atoms with Crippen molar-refractivity contribution in [2.75, 3.05) is 25.2 Å². The first-order valence-electron chi connectivity index (χ1n) is 9.89. The minimum Gasteiger partial charge on any atom is -0.497 e. The molecule has 1 atom stereocenters. The lowest BCUT2D eigenvalue weighted by Crippen LogP contribution is -2.32. The van der Waals surface area contributed by atoms with Gasteiger partial charge in [0.05, 0.1) is 30.7 Å². The van der Waals surface area contributed by atoms with Crippen LogP contribution in [0.5, 0.6) is 5.75 Å². The maximum atomic E-state index is 13.4. The van der Waals surface area contributed by atoms with Crippen LogP contribution < -0.4 is 9.64 Å². The van der Waals surface area contributed by atoms with E-state index in [2.05, 4.69) is 0 Å². The lowest BCUT2D eigenvalue weighted by Gasteiger charge is -2.23. The van der Waals surface area contributed by atoms with Crippen LogP contribution in [0.1, 0.15) is 24.8 Å². The smallest absolute Gasteiger partial charge is 0.263 e. The van der Waals surface area contributed by atoms with Crippen LogP contribution in [-0.4, -0.2) is 38.4 Å². The Kier molecular flexibility index (Phi) is 4.66. The van der Waals surface area contributed by atoms with Gasteiger partial charge in [0.15, 0.2) is 6.29 Å². The summed E-state index contributed by atoms with van der Waals surface area (Å²) in [7, 11) is 1.62. The highest BCUT2D eigenvalue weighted by Gasteiger charge is 2.41. The molecule has 148 valence electrons. The van der Waals surface area contributed by atoms with Gasteiger partial charge in [-0.1, -0.05) is 18.2 Å². The van der Waals surface area contributed by atoms with E-state index in [0.717, 1.165) is 47.5 Å². The number of ether oxygens (including phenoxy) is 3. The number of benzene rings is 2. The number of carbonyl (C=O) groups excluding carboxylic acids is 1. The number of methoxy groups -OCH3 is 1. The SMILES string of the molecule is COc1ccc(N2C(=O)C(COC3CCCCO3)=C3C2=Nc2ccccc23)cc1. The van der Waals surface area contributed by atoms with Crippen LogP contribution in [0.3, 0.4) is 0 Å². The molecule has 0 bridgehead atoms. The zero-order valence-electron chi connectivity index (χ0n) is 16.3. The third-order valence-electron chi connectivity index (χ3n) is 5.48. The van der Waals surface area contributed by atoms with Gasteiger partial charge in [-0.3, -0.25) is 9.69 Å². The van der Waals surface area contributed by atoms with Crippen LogP contribution in [0.25, 0.3) is 5.57 Å². The molecule has 2 aromatic rings. The molecule has 1 saturated heterocycles. The Hall–Kier alpha value is -2.96. The number of hydrogen-bond acceptors (Lipinski definition) is 5. The topological polar surface area (TPSA) is 60.4 Å². The molecule has 0 saturated carbocycles. The molecular formula is C23H22N2O4. The molecule has 0 N–H and O–H groups in total. The van der Waals surface area contributed by atoms with Crippen LogP contribution in [-0.2, 0) is 14.3 Å². The van der Waals surface area contributed by atoms with Crippen molar-refractivity contribution in [2.45, 2.75) is 25.6 Å². The predicted molar refractivity (Wildman–Crippen MR) is 110 cm³/mol. The highest BCUT2D eigenvalue weighted by molar-refractivity contribution is 6.49. The summed E-state index contributed by atoms with van der Waals surface area (Å²) in [5.74, 6) is 1.29. The summed E-state index contributed by atoms with van der Waals surface area (Å²) in [4.78, 5) is 19.8. The van der Waals surface area contributed by atoms with Crippen molar-refractivity contribution < 1.29 is 19.0 Å². The summed E-state index contributed by atoms with van der Waals surface area (Å²) < 4.78 is 16.9. The Bertz CT molecular complexity index is 1000. The zero-order valence-corrected chi connectivity index (χ0v) is 16.3. The number of carbonyl (C=O) groups is 1. The Morgan fingerprint density at radius 1 is 1.14 bits per heavy atom. The first kappa shape index (κ1) is 18.1. The monoisotopic (exact) mass is 390 g/mol. The molecule has 2 aromatic carbocycles. The van der Waals surface area contributed by atoms with Gasteiger partial charge in [-0.25, -0.2) is 4.99 Å². The van der Waals surface area contributed by atoms with Gasteiger partial charge in [0.2, 0.25) is 0 Å². The number of aliphatic imine (C=N–C) groups is 1. The van der Waals surface area contributed by atoms with Crippen molar-refractivity contribution in [3.05, 3.63) is 59.7 Å². The second kappa shape index (κ2) is 7.46. The quantitative estimate of drug-likeness (QED) is 0.772. The predicted octanol–water partition coefficient (Wildman–Crippen LogP) is 4.08. The van der Waals surface area contributed by atoms with Crippen LogP contribution in [0.15, 0.2) is 59.1 Å². The van der Waals surface area contributed by atoms with Gasteiger partial charge >= 0.3 is 0 Å². The number of amidine groups is 1. The number of nitrogens with zero attached hydrogens (tertiary/aromatic N) is 2. The van der Waals surface area contributed by atoms with Crippen LogP contribution in [0, 0.1) is 0 Å². The molecule has 3 aliphatic rings. The van der Waals surface area contributed by atoms with E-state index < -0.39 is 0 Å². The van der Waals surface area contributed by atoms with E-state index in [1.165, 1.54) is 0 Å². The van der Waals surface area contributed by atoms with Crippen LogP contribution in [0.4, 0.5) is 11.4 Å². The van der Waals surface area contributed by atoms with Gasteiger partial charge < -0.3 is 14.2 Å². The van der Waals surface area contributed by atoms with Gasteiger partial charge in [-0.15, -0.1) is 0 Å². The molecule has 0 spiro atoms. The summed E-state index contributed by atoms with van der Waals surface area (Å²) in [6.07, 6.45) is 2.74. The van der Waals surface area contributed by atoms with Gasteiger partial charge in [0, 0.05) is 17.7 Å². The number of rotatable bonds is 5. The maximum absolute atomic E-state index is 13.4. The summed E-state index contributed by atoms with van der Waals surface area (Å²) in [6, 6.07) is 15.3. The number of amides is 1. The van der Waals surface area contributed by atoms with E-state index in [9.17, 15) is 4.79 Å². The normalized spacial score (nSPS) is 20.6. The van der Waals surface area contributed by atoms with E-state index in [1.807, 2.05) is 48.5 Å². The molecule has 6 nitrogen and oxygen atoms in total. The molecule has 3 aliphatic heterocycles. The van der Waals surface area contributed by atoms with Crippen molar-refractivity contribution in [1.82, 2.24) is 0 Å². The summed E-state index contributed by atoms with van der Waals surface area (Å²) >= 11 is 0. The zero-order chi connectivity index (χ0) is 19.8. The molecule has 0 radical (unpaired) electrons. The number of para-hydroxylation sites is 1. The second-order valence-corrected chi connectivity index (χ2v) is 7.25. The van der Waals surface area contributed by atoms with Gasteiger partial charge in [0.25, 0.3) is 5.91 Å². The average Bonchev–Trinajstić information content (AvgIpc) is 3.26.